The highest BCUT2D eigenvalue weighted by Crippen LogP contribution is 2.28. The molecule has 1 amide bonds. The number of carbonyl (C=O) groups excluding carboxylic acids is 1. The van der Waals surface area contributed by atoms with Crippen molar-refractivity contribution >= 4 is 50.5 Å². The summed E-state index contributed by atoms with van der Waals surface area (Å²) in [5, 5.41) is 3.40. The van der Waals surface area contributed by atoms with Crippen molar-refractivity contribution in [1.29, 1.82) is 0 Å². The van der Waals surface area contributed by atoms with Crippen molar-refractivity contribution in [2.75, 3.05) is 17.1 Å². The number of halogens is 2. The van der Waals surface area contributed by atoms with Gasteiger partial charge < -0.3 is 10.1 Å². The van der Waals surface area contributed by atoms with E-state index in [1.807, 2.05) is 0 Å². The molecule has 0 spiro atoms. The first kappa shape index (κ1) is 22.0. The van der Waals surface area contributed by atoms with Gasteiger partial charge in [-0.2, -0.15) is 0 Å². The van der Waals surface area contributed by atoms with Crippen molar-refractivity contribution in [3.8, 4) is 5.75 Å². The van der Waals surface area contributed by atoms with Gasteiger partial charge in [0.05, 0.1) is 17.7 Å². The maximum absolute atomic E-state index is 13.0. The standard InChI is InChI=1S/C21H18Cl2N2O4S/c1-13-7-8-14(21(26)24-17-11-15(22)10-16(23)12-17)9-20(13)30(27,28)25-18-5-3-4-6-19(18)29-2/h3-12,25H,1-2H3,(H,24,26). The van der Waals surface area contributed by atoms with E-state index in [0.29, 0.717) is 32.7 Å². The number of hydrogen-bond donors (Lipinski definition) is 2. The Hall–Kier alpha value is -2.74. The van der Waals surface area contributed by atoms with Gasteiger partial charge in [0, 0.05) is 21.3 Å². The second kappa shape index (κ2) is 8.95. The molecule has 0 aliphatic carbocycles. The summed E-state index contributed by atoms with van der Waals surface area (Å²) in [5.41, 5.74) is 1.34. The highest BCUT2D eigenvalue weighted by Gasteiger charge is 2.21. The van der Waals surface area contributed by atoms with Gasteiger partial charge in [-0.25, -0.2) is 8.42 Å². The Kier molecular flexibility index (Phi) is 6.55. The van der Waals surface area contributed by atoms with E-state index in [2.05, 4.69) is 10.0 Å². The van der Waals surface area contributed by atoms with Gasteiger partial charge in [-0.1, -0.05) is 41.4 Å². The maximum atomic E-state index is 13.0. The average Bonchev–Trinajstić information content (AvgIpc) is 2.67. The van der Waals surface area contributed by atoms with Gasteiger partial charge in [-0.3, -0.25) is 9.52 Å². The number of rotatable bonds is 6. The molecule has 0 radical (unpaired) electrons. The van der Waals surface area contributed by atoms with E-state index in [9.17, 15) is 13.2 Å². The van der Waals surface area contributed by atoms with Gasteiger partial charge in [0.25, 0.3) is 15.9 Å². The van der Waals surface area contributed by atoms with E-state index in [1.165, 1.54) is 13.2 Å². The maximum Gasteiger partial charge on any atom is 0.262 e. The van der Waals surface area contributed by atoms with Gasteiger partial charge in [0.2, 0.25) is 0 Å². The van der Waals surface area contributed by atoms with Crippen LogP contribution in [0.5, 0.6) is 5.75 Å². The Morgan fingerprint density at radius 2 is 1.63 bits per heavy atom. The lowest BCUT2D eigenvalue weighted by atomic mass is 10.1. The minimum Gasteiger partial charge on any atom is -0.495 e. The number of benzene rings is 3. The molecule has 2 N–H and O–H groups in total. The Morgan fingerprint density at radius 3 is 2.30 bits per heavy atom. The molecule has 0 heterocycles. The third-order valence-corrected chi connectivity index (χ3v) is 6.16. The van der Waals surface area contributed by atoms with Crippen LogP contribution in [0.3, 0.4) is 0 Å². The molecule has 0 fully saturated rings. The molecule has 0 aliphatic rings. The van der Waals surface area contributed by atoms with Crippen molar-refractivity contribution < 1.29 is 17.9 Å². The Labute approximate surface area is 184 Å². The summed E-state index contributed by atoms with van der Waals surface area (Å²) < 4.78 is 33.7. The van der Waals surface area contributed by atoms with Crippen LogP contribution in [0.15, 0.2) is 65.6 Å². The van der Waals surface area contributed by atoms with Gasteiger partial charge in [0.15, 0.2) is 0 Å². The summed E-state index contributed by atoms with van der Waals surface area (Å²) in [6.45, 7) is 1.65. The number of nitrogens with one attached hydrogen (secondary N) is 2. The summed E-state index contributed by atoms with van der Waals surface area (Å²) in [7, 11) is -2.52. The molecular formula is C21H18Cl2N2O4S. The lowest BCUT2D eigenvalue weighted by molar-refractivity contribution is 0.102. The topological polar surface area (TPSA) is 84.5 Å². The molecule has 0 bridgehead atoms. The van der Waals surface area contributed by atoms with Crippen LogP contribution < -0.4 is 14.8 Å². The Morgan fingerprint density at radius 1 is 0.967 bits per heavy atom. The monoisotopic (exact) mass is 464 g/mol. The second-order valence-corrected chi connectivity index (χ2v) is 8.92. The molecular weight excluding hydrogens is 447 g/mol. The van der Waals surface area contributed by atoms with Crippen molar-refractivity contribution in [2.24, 2.45) is 0 Å². The van der Waals surface area contributed by atoms with E-state index in [0.717, 1.165) is 0 Å². The Bertz CT molecular complexity index is 1190. The molecule has 0 atom stereocenters. The van der Waals surface area contributed by atoms with Gasteiger partial charge in [0.1, 0.15) is 5.75 Å². The molecule has 0 unspecified atom stereocenters. The summed E-state index contributed by atoms with van der Waals surface area (Å²) in [6.07, 6.45) is 0. The number of carbonyl (C=O) groups is 1. The fourth-order valence-corrected chi connectivity index (χ4v) is 4.66. The fraction of sp³-hybridized carbons (Fsp3) is 0.0952. The third kappa shape index (κ3) is 5.05. The van der Waals surface area contributed by atoms with Crippen LogP contribution in [-0.2, 0) is 10.0 Å². The molecule has 30 heavy (non-hydrogen) atoms. The predicted molar refractivity (Wildman–Crippen MR) is 119 cm³/mol. The zero-order valence-corrected chi connectivity index (χ0v) is 18.4. The molecule has 3 aromatic rings. The lowest BCUT2D eigenvalue weighted by Crippen LogP contribution is -2.17. The van der Waals surface area contributed by atoms with Crippen LogP contribution >= 0.6 is 23.2 Å². The highest BCUT2D eigenvalue weighted by atomic mass is 35.5. The zero-order valence-electron chi connectivity index (χ0n) is 16.1. The van der Waals surface area contributed by atoms with E-state index in [4.69, 9.17) is 27.9 Å². The van der Waals surface area contributed by atoms with Crippen LogP contribution in [0.4, 0.5) is 11.4 Å². The van der Waals surface area contributed by atoms with Crippen molar-refractivity contribution in [3.63, 3.8) is 0 Å². The molecule has 6 nitrogen and oxygen atoms in total. The van der Waals surface area contributed by atoms with Crippen LogP contribution in [0.1, 0.15) is 15.9 Å². The second-order valence-electron chi connectivity index (χ2n) is 6.40. The van der Waals surface area contributed by atoms with Crippen LogP contribution in [0, 0.1) is 6.92 Å². The van der Waals surface area contributed by atoms with E-state index in [1.54, 1.807) is 61.5 Å². The minimum atomic E-state index is -3.97. The largest absolute Gasteiger partial charge is 0.495 e. The third-order valence-electron chi connectivity index (χ3n) is 4.21. The molecule has 3 aromatic carbocycles. The van der Waals surface area contributed by atoms with Gasteiger partial charge >= 0.3 is 0 Å². The van der Waals surface area contributed by atoms with E-state index in [-0.39, 0.29) is 10.5 Å². The zero-order chi connectivity index (χ0) is 21.9. The highest BCUT2D eigenvalue weighted by molar-refractivity contribution is 7.92. The van der Waals surface area contributed by atoms with Crippen molar-refractivity contribution in [2.45, 2.75) is 11.8 Å². The van der Waals surface area contributed by atoms with E-state index < -0.39 is 15.9 Å². The number of methoxy groups -OCH3 is 1. The quantitative estimate of drug-likeness (QED) is 0.513. The Balaban J connectivity index is 1.91. The SMILES string of the molecule is COc1ccccc1NS(=O)(=O)c1cc(C(=O)Nc2cc(Cl)cc(Cl)c2)ccc1C. The molecule has 156 valence electrons. The number of hydrogen-bond acceptors (Lipinski definition) is 4. The van der Waals surface area contributed by atoms with Crippen LogP contribution in [0.2, 0.25) is 10.0 Å². The molecule has 3 rings (SSSR count). The number of para-hydroxylation sites is 2. The van der Waals surface area contributed by atoms with Gasteiger partial charge in [-0.15, -0.1) is 0 Å². The molecule has 0 saturated heterocycles. The number of anilines is 2. The molecule has 0 saturated carbocycles. The molecule has 0 aromatic heterocycles. The van der Waals surface area contributed by atoms with Crippen LogP contribution in [-0.4, -0.2) is 21.4 Å². The minimum absolute atomic E-state index is 0.0230. The first-order valence-electron chi connectivity index (χ1n) is 8.73. The van der Waals surface area contributed by atoms with Gasteiger partial charge in [-0.05, 0) is 55.0 Å². The first-order chi connectivity index (χ1) is 14.2. The van der Waals surface area contributed by atoms with Crippen molar-refractivity contribution in [3.05, 3.63) is 81.8 Å². The summed E-state index contributed by atoms with van der Waals surface area (Å²) >= 11 is 11.9. The number of amides is 1. The number of ether oxygens (including phenoxy) is 1. The predicted octanol–water partition coefficient (Wildman–Crippen LogP) is 5.36. The smallest absolute Gasteiger partial charge is 0.262 e. The summed E-state index contributed by atoms with van der Waals surface area (Å²) in [4.78, 5) is 12.6. The van der Waals surface area contributed by atoms with Crippen LogP contribution in [0.25, 0.3) is 0 Å². The summed E-state index contributed by atoms with van der Waals surface area (Å²) in [6, 6.07) is 15.7. The number of aryl methyl sites for hydroxylation is 1. The normalized spacial score (nSPS) is 11.1. The average molecular weight is 465 g/mol. The number of sulfonamides is 1. The lowest BCUT2D eigenvalue weighted by Gasteiger charge is -2.14. The summed E-state index contributed by atoms with van der Waals surface area (Å²) in [5.74, 6) is -0.118. The van der Waals surface area contributed by atoms with E-state index >= 15 is 0 Å². The fourth-order valence-electron chi connectivity index (χ4n) is 2.79. The molecule has 0 aliphatic heterocycles. The molecule has 9 heteroatoms. The van der Waals surface area contributed by atoms with Crippen molar-refractivity contribution in [1.82, 2.24) is 0 Å². The first-order valence-corrected chi connectivity index (χ1v) is 11.0.